The average Bonchev–Trinajstić information content (AvgIpc) is 2.59. The van der Waals surface area contributed by atoms with Gasteiger partial charge in [0.2, 0.25) is 7.59 Å². The highest BCUT2D eigenvalue weighted by Crippen LogP contribution is 2.39. The first-order valence-electron chi connectivity index (χ1n) is 7.35. The third-order valence-corrected chi connectivity index (χ3v) is 3.92. The van der Waals surface area contributed by atoms with Crippen LogP contribution < -0.4 is 0 Å². The molecule has 0 spiro atoms. The van der Waals surface area contributed by atoms with Gasteiger partial charge in [0.25, 0.3) is 0 Å². The van der Waals surface area contributed by atoms with Gasteiger partial charge in [-0.15, -0.1) is 0 Å². The third kappa shape index (κ3) is 7.35. The SMILES string of the molecule is CC(=O)O/N=C/c1ccc(/C=C/c2nc(C(Cl)(Cl)Cl)nc(C(Cl)(Cl)Cl)n2)cc1. The molecule has 12 heteroatoms. The Morgan fingerprint density at radius 1 is 0.893 bits per heavy atom. The van der Waals surface area contributed by atoms with Crippen LogP contribution >= 0.6 is 69.6 Å². The van der Waals surface area contributed by atoms with Gasteiger partial charge in [-0.2, -0.15) is 0 Å². The first-order chi connectivity index (χ1) is 12.9. The molecule has 2 rings (SSSR count). The van der Waals surface area contributed by atoms with Crippen LogP contribution in [0.15, 0.2) is 29.4 Å². The van der Waals surface area contributed by atoms with Gasteiger partial charge in [-0.25, -0.2) is 19.7 Å². The molecule has 2 aromatic rings. The van der Waals surface area contributed by atoms with Crippen molar-refractivity contribution in [2.24, 2.45) is 5.16 Å². The zero-order chi connectivity index (χ0) is 20.9. The number of nitrogens with zero attached hydrogens (tertiary/aromatic N) is 4. The first-order valence-corrected chi connectivity index (χ1v) is 9.61. The highest BCUT2D eigenvalue weighted by atomic mass is 35.6. The van der Waals surface area contributed by atoms with E-state index in [9.17, 15) is 4.79 Å². The summed E-state index contributed by atoms with van der Waals surface area (Å²) in [6.07, 6.45) is 4.65. The fourth-order valence-corrected chi connectivity index (χ4v) is 2.25. The minimum atomic E-state index is -1.92. The van der Waals surface area contributed by atoms with E-state index in [2.05, 4.69) is 24.9 Å². The van der Waals surface area contributed by atoms with Crippen LogP contribution in [0.5, 0.6) is 0 Å². The maximum Gasteiger partial charge on any atom is 0.331 e. The van der Waals surface area contributed by atoms with E-state index >= 15 is 0 Å². The van der Waals surface area contributed by atoms with Crippen molar-refractivity contribution in [2.75, 3.05) is 0 Å². The Bertz CT molecular complexity index is 873. The number of rotatable bonds is 4. The van der Waals surface area contributed by atoms with Crippen molar-refractivity contribution >= 4 is 93.9 Å². The summed E-state index contributed by atoms with van der Waals surface area (Å²) in [6.45, 7) is 1.26. The van der Waals surface area contributed by atoms with Gasteiger partial charge in [-0.05, 0) is 17.2 Å². The number of carbonyl (C=O) groups is 1. The molecule has 6 nitrogen and oxygen atoms in total. The van der Waals surface area contributed by atoms with Crippen LogP contribution in [0.1, 0.15) is 35.5 Å². The lowest BCUT2D eigenvalue weighted by Crippen LogP contribution is -2.16. The number of aromatic nitrogens is 3. The van der Waals surface area contributed by atoms with Crippen LogP contribution in [0.2, 0.25) is 0 Å². The summed E-state index contributed by atoms with van der Waals surface area (Å²) in [5.41, 5.74) is 1.53. The fourth-order valence-electron chi connectivity index (χ4n) is 1.75. The second kappa shape index (κ2) is 9.57. The average molecular weight is 503 g/mol. The van der Waals surface area contributed by atoms with E-state index in [1.807, 2.05) is 0 Å². The van der Waals surface area contributed by atoms with Crippen molar-refractivity contribution < 1.29 is 9.63 Å². The van der Waals surface area contributed by atoms with Gasteiger partial charge >= 0.3 is 5.97 Å². The van der Waals surface area contributed by atoms with Crippen molar-refractivity contribution in [3.63, 3.8) is 0 Å². The first kappa shape index (κ1) is 23.1. The monoisotopic (exact) mass is 500 g/mol. The molecule has 1 heterocycles. The highest BCUT2D eigenvalue weighted by Gasteiger charge is 2.33. The second-order valence-corrected chi connectivity index (χ2v) is 9.72. The Morgan fingerprint density at radius 2 is 1.39 bits per heavy atom. The Kier molecular flexibility index (Phi) is 7.90. The molecule has 0 saturated heterocycles. The predicted molar refractivity (Wildman–Crippen MR) is 113 cm³/mol. The number of benzene rings is 1. The maximum absolute atomic E-state index is 10.7. The van der Waals surface area contributed by atoms with E-state index < -0.39 is 13.6 Å². The molecular formula is C16H10Cl6N4O2. The molecule has 0 aliphatic heterocycles. The smallest absolute Gasteiger partial charge is 0.319 e. The molecule has 148 valence electrons. The lowest BCUT2D eigenvalue weighted by molar-refractivity contribution is -0.140. The quantitative estimate of drug-likeness (QED) is 0.235. The van der Waals surface area contributed by atoms with E-state index in [0.29, 0.717) is 0 Å². The van der Waals surface area contributed by atoms with E-state index in [1.165, 1.54) is 13.1 Å². The minimum Gasteiger partial charge on any atom is -0.319 e. The molecule has 0 fully saturated rings. The normalized spacial score (nSPS) is 12.7. The molecule has 0 amide bonds. The topological polar surface area (TPSA) is 77.3 Å². The Morgan fingerprint density at radius 3 is 1.86 bits per heavy atom. The minimum absolute atomic E-state index is 0.137. The standard InChI is InChI=1S/C16H10Cl6N4O2/c1-9(27)28-23-8-11-4-2-10(3-5-11)6-7-12-24-13(15(17,18)19)26-14(25-12)16(20,21)22/h2-8H,1H3/b7-6+,23-8+. The van der Waals surface area contributed by atoms with Crippen LogP contribution in [-0.2, 0) is 17.2 Å². The molecular weight excluding hydrogens is 493 g/mol. The molecule has 0 bridgehead atoms. The van der Waals surface area contributed by atoms with Gasteiger partial charge in [0.15, 0.2) is 17.5 Å². The summed E-state index contributed by atoms with van der Waals surface area (Å²) in [5.74, 6) is -0.717. The van der Waals surface area contributed by atoms with Crippen LogP contribution in [0.25, 0.3) is 12.2 Å². The lowest BCUT2D eigenvalue weighted by Gasteiger charge is -2.14. The van der Waals surface area contributed by atoms with E-state index in [0.717, 1.165) is 11.1 Å². The summed E-state index contributed by atoms with van der Waals surface area (Å²) in [7, 11) is 0. The molecule has 0 atom stereocenters. The Labute approximate surface area is 190 Å². The van der Waals surface area contributed by atoms with Crippen LogP contribution in [-0.4, -0.2) is 27.1 Å². The van der Waals surface area contributed by atoms with Gasteiger partial charge in [-0.1, -0.05) is 105 Å². The zero-order valence-electron chi connectivity index (χ0n) is 13.9. The number of hydrogen-bond donors (Lipinski definition) is 0. The zero-order valence-corrected chi connectivity index (χ0v) is 18.5. The highest BCUT2D eigenvalue weighted by molar-refractivity contribution is 6.67. The number of oxime groups is 1. The molecule has 0 unspecified atom stereocenters. The summed E-state index contributed by atoms with van der Waals surface area (Å²) >= 11 is 35.0. The predicted octanol–water partition coefficient (Wildman–Crippen LogP) is 5.59. The van der Waals surface area contributed by atoms with Crippen LogP contribution in [0.4, 0.5) is 0 Å². The summed E-state index contributed by atoms with van der Waals surface area (Å²) in [6, 6.07) is 7.11. The van der Waals surface area contributed by atoms with E-state index in [-0.39, 0.29) is 17.5 Å². The fraction of sp³-hybridized carbons (Fsp3) is 0.188. The molecule has 0 saturated carbocycles. The van der Waals surface area contributed by atoms with Crippen LogP contribution in [0, 0.1) is 0 Å². The molecule has 0 N–H and O–H groups in total. The number of halogens is 6. The third-order valence-electron chi connectivity index (χ3n) is 2.90. The van der Waals surface area contributed by atoms with Crippen molar-refractivity contribution in [2.45, 2.75) is 14.5 Å². The Balaban J connectivity index is 2.25. The molecule has 0 radical (unpaired) electrons. The van der Waals surface area contributed by atoms with Gasteiger partial charge in [0, 0.05) is 6.92 Å². The van der Waals surface area contributed by atoms with Gasteiger partial charge in [0.1, 0.15) is 0 Å². The lowest BCUT2D eigenvalue weighted by atomic mass is 10.1. The molecule has 0 aliphatic carbocycles. The number of alkyl halides is 6. The van der Waals surface area contributed by atoms with Crippen molar-refractivity contribution in [3.05, 3.63) is 52.9 Å². The largest absolute Gasteiger partial charge is 0.331 e. The maximum atomic E-state index is 10.7. The number of hydrogen-bond acceptors (Lipinski definition) is 6. The Hall–Kier alpha value is -1.15. The van der Waals surface area contributed by atoms with Gasteiger partial charge in [0.05, 0.1) is 6.21 Å². The van der Waals surface area contributed by atoms with Gasteiger partial charge < -0.3 is 4.84 Å². The summed E-state index contributed by atoms with van der Waals surface area (Å²) in [5, 5.41) is 3.54. The molecule has 1 aromatic carbocycles. The van der Waals surface area contributed by atoms with Crippen molar-refractivity contribution in [1.82, 2.24) is 15.0 Å². The van der Waals surface area contributed by atoms with Crippen molar-refractivity contribution in [1.29, 1.82) is 0 Å². The number of carbonyl (C=O) groups excluding carboxylic acids is 1. The molecule has 1 aromatic heterocycles. The molecule has 0 aliphatic rings. The van der Waals surface area contributed by atoms with Gasteiger partial charge in [-0.3, -0.25) is 0 Å². The van der Waals surface area contributed by atoms with Crippen LogP contribution in [0.3, 0.4) is 0 Å². The summed E-state index contributed by atoms with van der Waals surface area (Å²) in [4.78, 5) is 27.2. The van der Waals surface area contributed by atoms with E-state index in [1.54, 1.807) is 36.4 Å². The van der Waals surface area contributed by atoms with Crippen molar-refractivity contribution in [3.8, 4) is 0 Å². The second-order valence-electron chi connectivity index (χ2n) is 5.15. The molecule has 28 heavy (non-hydrogen) atoms. The van der Waals surface area contributed by atoms with E-state index in [4.69, 9.17) is 69.6 Å². The summed E-state index contributed by atoms with van der Waals surface area (Å²) < 4.78 is -3.84.